The predicted octanol–water partition coefficient (Wildman–Crippen LogP) is 8.00. The van der Waals surface area contributed by atoms with Crippen molar-refractivity contribution >= 4 is 12.1 Å². The molecular formula is C37H56N2O5. The molecule has 1 heterocycles. The van der Waals surface area contributed by atoms with Gasteiger partial charge in [-0.15, -0.1) is 0 Å². The van der Waals surface area contributed by atoms with Gasteiger partial charge >= 0.3 is 12.1 Å². The first-order valence-electron chi connectivity index (χ1n) is 17.2. The molecule has 0 aliphatic heterocycles. The Labute approximate surface area is 264 Å². The first-order chi connectivity index (χ1) is 20.7. The highest BCUT2D eigenvalue weighted by atomic mass is 16.6. The van der Waals surface area contributed by atoms with E-state index in [0.717, 1.165) is 62.6 Å². The van der Waals surface area contributed by atoms with Gasteiger partial charge < -0.3 is 14.2 Å². The third-order valence-electron chi connectivity index (χ3n) is 15.1. The number of carbonyl (C=O) groups excluding carboxylic acids is 2. The first-order valence-corrected chi connectivity index (χ1v) is 17.2. The lowest BCUT2D eigenvalue weighted by Crippen LogP contribution is -2.67. The Kier molecular flexibility index (Phi) is 7.74. The average Bonchev–Trinajstić information content (AvgIpc) is 3.59. The number of fused-ring (bicyclic) bond motifs is 7. The number of carbonyl (C=O) groups is 2. The third kappa shape index (κ3) is 4.19. The summed E-state index contributed by atoms with van der Waals surface area (Å²) >= 11 is 0. The van der Waals surface area contributed by atoms with Crippen molar-refractivity contribution in [3.8, 4) is 0 Å². The van der Waals surface area contributed by atoms with Crippen molar-refractivity contribution in [2.75, 3.05) is 20.8 Å². The minimum atomic E-state index is -0.401. The molecule has 5 saturated carbocycles. The van der Waals surface area contributed by atoms with Gasteiger partial charge in [0.25, 0.3) is 0 Å². The van der Waals surface area contributed by atoms with Crippen LogP contribution in [0.3, 0.4) is 0 Å². The lowest BCUT2D eigenvalue weighted by Gasteiger charge is -2.72. The molecule has 7 heteroatoms. The van der Waals surface area contributed by atoms with Crippen LogP contribution < -0.4 is 0 Å². The molecular weight excluding hydrogens is 552 g/mol. The molecule has 0 unspecified atom stereocenters. The molecule has 44 heavy (non-hydrogen) atoms. The highest BCUT2D eigenvalue weighted by Crippen LogP contribution is 2.77. The predicted molar refractivity (Wildman–Crippen MR) is 170 cm³/mol. The second-order valence-electron chi connectivity index (χ2n) is 16.7. The number of methoxy groups -OCH3 is 2. The average molecular weight is 609 g/mol. The molecule has 244 valence electrons. The van der Waals surface area contributed by atoms with Gasteiger partial charge in [0.15, 0.2) is 0 Å². The number of nitrogens with zero attached hydrogens (tertiary/aromatic N) is 2. The number of hydrogen-bond donors (Lipinski definition) is 0. The van der Waals surface area contributed by atoms with Gasteiger partial charge in [0.1, 0.15) is 12.4 Å². The summed E-state index contributed by atoms with van der Waals surface area (Å²) in [6, 6.07) is 0. The molecule has 10 atom stereocenters. The fraction of sp³-hybridized carbons (Fsp3) is 0.811. The van der Waals surface area contributed by atoms with Crippen molar-refractivity contribution in [2.24, 2.45) is 56.7 Å². The van der Waals surface area contributed by atoms with Crippen LogP contribution in [0.1, 0.15) is 105 Å². The van der Waals surface area contributed by atoms with Crippen LogP contribution in [0.2, 0.25) is 0 Å². The molecule has 0 bridgehead atoms. The van der Waals surface area contributed by atoms with Gasteiger partial charge in [-0.05, 0) is 123 Å². The number of aryl methyl sites for hydroxylation is 1. The zero-order valence-corrected chi connectivity index (χ0v) is 28.5. The van der Waals surface area contributed by atoms with E-state index < -0.39 is 5.41 Å². The van der Waals surface area contributed by atoms with Crippen molar-refractivity contribution in [3.63, 3.8) is 0 Å². The number of aromatic nitrogens is 2. The summed E-state index contributed by atoms with van der Waals surface area (Å²) in [6.45, 7) is 19.4. The lowest BCUT2D eigenvalue weighted by molar-refractivity contribution is -0.248. The molecule has 1 aromatic heterocycles. The summed E-state index contributed by atoms with van der Waals surface area (Å²) in [5, 5.41) is 0. The fourth-order valence-electron chi connectivity index (χ4n) is 12.8. The SMILES string of the molecule is C=C(COC)[C@@H]1CC[C@]2(C(=O)OC)CC[C@]3(C)[C@H](CC[C@@H]4[C@@]5(C)CC[C@H](OC(=O)n6cncc6C)C(C)(C)[C@@H]5CC[C@]43C)[C@@H]12. The van der Waals surface area contributed by atoms with Gasteiger partial charge in [-0.3, -0.25) is 4.79 Å². The molecule has 0 saturated heterocycles. The van der Waals surface area contributed by atoms with E-state index in [1.165, 1.54) is 17.4 Å². The molecule has 7 nitrogen and oxygen atoms in total. The Morgan fingerprint density at radius 2 is 1.68 bits per heavy atom. The molecule has 0 radical (unpaired) electrons. The summed E-state index contributed by atoms with van der Waals surface area (Å²) in [5.74, 6) is 2.09. The Hall–Kier alpha value is -2.15. The molecule has 6 rings (SSSR count). The Bertz CT molecular complexity index is 1320. The van der Waals surface area contributed by atoms with Crippen LogP contribution in [-0.2, 0) is 19.0 Å². The van der Waals surface area contributed by atoms with Gasteiger partial charge in [-0.25, -0.2) is 14.3 Å². The van der Waals surface area contributed by atoms with E-state index in [2.05, 4.69) is 46.2 Å². The van der Waals surface area contributed by atoms with Gasteiger partial charge in [-0.1, -0.05) is 41.2 Å². The van der Waals surface area contributed by atoms with Gasteiger partial charge in [0, 0.05) is 24.4 Å². The summed E-state index contributed by atoms with van der Waals surface area (Å²) in [7, 11) is 3.32. The lowest BCUT2D eigenvalue weighted by atomic mass is 9.32. The van der Waals surface area contributed by atoms with Crippen molar-refractivity contribution in [2.45, 2.75) is 112 Å². The van der Waals surface area contributed by atoms with E-state index in [9.17, 15) is 9.59 Å². The number of esters is 1. The zero-order chi connectivity index (χ0) is 31.9. The summed E-state index contributed by atoms with van der Waals surface area (Å²) in [5.41, 5.74) is 1.89. The first kappa shape index (κ1) is 31.8. The molecule has 0 aromatic carbocycles. The summed E-state index contributed by atoms with van der Waals surface area (Å²) in [6.07, 6.45) is 13.3. The topological polar surface area (TPSA) is 79.7 Å². The van der Waals surface area contributed by atoms with Crippen LogP contribution in [0, 0.1) is 63.6 Å². The molecule has 0 N–H and O–H groups in total. The highest BCUT2D eigenvalue weighted by molar-refractivity contribution is 5.78. The maximum Gasteiger partial charge on any atom is 0.419 e. The second kappa shape index (κ2) is 10.7. The quantitative estimate of drug-likeness (QED) is 0.249. The normalized spacial score (nSPS) is 44.0. The van der Waals surface area contributed by atoms with Crippen LogP contribution in [0.25, 0.3) is 0 Å². The van der Waals surface area contributed by atoms with E-state index in [0.29, 0.717) is 30.3 Å². The van der Waals surface area contributed by atoms with Crippen LogP contribution in [-0.4, -0.2) is 48.5 Å². The zero-order valence-electron chi connectivity index (χ0n) is 28.5. The fourth-order valence-corrected chi connectivity index (χ4v) is 12.8. The van der Waals surface area contributed by atoms with Crippen molar-refractivity contribution < 1.29 is 23.8 Å². The largest absolute Gasteiger partial charge is 0.469 e. The number of ether oxygens (including phenoxy) is 3. The van der Waals surface area contributed by atoms with Crippen LogP contribution in [0.15, 0.2) is 24.7 Å². The van der Waals surface area contributed by atoms with Crippen molar-refractivity contribution in [1.29, 1.82) is 0 Å². The second-order valence-corrected chi connectivity index (χ2v) is 16.7. The third-order valence-corrected chi connectivity index (χ3v) is 15.1. The Morgan fingerprint density at radius 1 is 0.932 bits per heavy atom. The molecule has 5 aliphatic carbocycles. The number of hydrogen-bond acceptors (Lipinski definition) is 6. The molecule has 5 aliphatic rings. The van der Waals surface area contributed by atoms with Gasteiger partial charge in [0.05, 0.1) is 19.1 Å². The Balaban J connectivity index is 1.30. The summed E-state index contributed by atoms with van der Waals surface area (Å²) < 4.78 is 18.9. The monoisotopic (exact) mass is 608 g/mol. The van der Waals surface area contributed by atoms with Crippen LogP contribution in [0.4, 0.5) is 4.79 Å². The smallest absolute Gasteiger partial charge is 0.419 e. The number of rotatable bonds is 5. The van der Waals surface area contributed by atoms with Crippen LogP contribution in [0.5, 0.6) is 0 Å². The standard InChI is InChI=1S/C37H56N2O5/c1-23(21-42-8)25-12-17-37(31(40)43-9)19-18-35(6)26(30(25)37)10-11-28-34(5)15-14-29(44-32(41)39-22-38-20-24(39)2)33(3,4)27(34)13-16-36(28,35)7/h20,22,25-30H,1,10-19,21H2,2-9H3/t25-,26+,27-,28+,29-,30+,34-,35+,36+,37-/m0/s1. The highest BCUT2D eigenvalue weighted by Gasteiger charge is 2.72. The summed E-state index contributed by atoms with van der Waals surface area (Å²) in [4.78, 5) is 30.9. The Morgan fingerprint density at radius 3 is 2.34 bits per heavy atom. The van der Waals surface area contributed by atoms with E-state index in [1.807, 2.05) is 6.92 Å². The maximum atomic E-state index is 13.6. The van der Waals surface area contributed by atoms with E-state index in [1.54, 1.807) is 26.7 Å². The van der Waals surface area contributed by atoms with Crippen molar-refractivity contribution in [1.82, 2.24) is 9.55 Å². The number of imidazole rings is 1. The van der Waals surface area contributed by atoms with Gasteiger partial charge in [-0.2, -0.15) is 0 Å². The van der Waals surface area contributed by atoms with E-state index >= 15 is 0 Å². The minimum Gasteiger partial charge on any atom is -0.469 e. The van der Waals surface area contributed by atoms with E-state index in [4.69, 9.17) is 14.2 Å². The molecule has 5 fully saturated rings. The molecule has 1 aromatic rings. The van der Waals surface area contributed by atoms with Gasteiger partial charge in [0.2, 0.25) is 0 Å². The van der Waals surface area contributed by atoms with Crippen LogP contribution >= 0.6 is 0 Å². The molecule has 0 spiro atoms. The maximum absolute atomic E-state index is 13.6. The van der Waals surface area contributed by atoms with Crippen molar-refractivity contribution in [3.05, 3.63) is 30.4 Å². The van der Waals surface area contributed by atoms with E-state index in [-0.39, 0.29) is 45.7 Å². The minimum absolute atomic E-state index is 0.000666. The molecule has 0 amide bonds.